The van der Waals surface area contributed by atoms with Gasteiger partial charge in [-0.15, -0.1) is 0 Å². The van der Waals surface area contributed by atoms with Gasteiger partial charge in [-0.25, -0.2) is 14.0 Å². The molecular weight excluding hydrogens is 287 g/mol. The Kier molecular flexibility index (Phi) is 4.00. The number of hydrogen-bond donors (Lipinski definition) is 1. The van der Waals surface area contributed by atoms with Crippen LogP contribution in [-0.4, -0.2) is 35.6 Å². The highest BCUT2D eigenvalue weighted by atomic mass is 19.1. The van der Waals surface area contributed by atoms with Gasteiger partial charge in [0.05, 0.1) is 6.61 Å². The van der Waals surface area contributed by atoms with E-state index in [9.17, 15) is 14.0 Å². The van der Waals surface area contributed by atoms with E-state index < -0.39 is 6.04 Å². The fraction of sp³-hybridized carbons (Fsp3) is 0.500. The van der Waals surface area contributed by atoms with Crippen molar-refractivity contribution >= 4 is 17.7 Å². The number of fused-ring (bicyclic) bond motifs is 2. The van der Waals surface area contributed by atoms with Crippen LogP contribution in [0.5, 0.6) is 0 Å². The second kappa shape index (κ2) is 5.94. The first-order chi connectivity index (χ1) is 10.6. The Morgan fingerprint density at radius 2 is 2.05 bits per heavy atom. The summed E-state index contributed by atoms with van der Waals surface area (Å²) in [7, 11) is 0. The maximum absolute atomic E-state index is 12.9. The van der Waals surface area contributed by atoms with Crippen molar-refractivity contribution in [2.45, 2.75) is 38.3 Å². The molecule has 22 heavy (non-hydrogen) atoms. The number of rotatable bonds is 3. The molecule has 0 unspecified atom stereocenters. The molecular formula is C16H19FN2O3. The summed E-state index contributed by atoms with van der Waals surface area (Å²) in [5, 5.41) is 2.74. The first-order valence-corrected chi connectivity index (χ1v) is 7.61. The standard InChI is InChI=1S/C16H19FN2O3/c1-2-22-15(20)14-10-3-8-13(9-10)19(14)16(21)18-12-6-4-11(17)5-7-12/h4-7,10,13-14H,2-3,8-9H2,1H3,(H,18,21)/t10-,13+,14+/m1/s1. The van der Waals surface area contributed by atoms with Gasteiger partial charge in [-0.3, -0.25) is 0 Å². The summed E-state index contributed by atoms with van der Waals surface area (Å²) in [5.41, 5.74) is 0.511. The third-order valence-corrected chi connectivity index (χ3v) is 4.44. The molecule has 1 saturated heterocycles. The predicted octanol–water partition coefficient (Wildman–Crippen LogP) is 2.77. The van der Waals surface area contributed by atoms with Gasteiger partial charge in [-0.1, -0.05) is 0 Å². The molecule has 3 rings (SSSR count). The van der Waals surface area contributed by atoms with E-state index >= 15 is 0 Å². The lowest BCUT2D eigenvalue weighted by Gasteiger charge is -2.33. The summed E-state index contributed by atoms with van der Waals surface area (Å²) >= 11 is 0. The minimum atomic E-state index is -0.501. The van der Waals surface area contributed by atoms with Crippen LogP contribution in [0.4, 0.5) is 14.9 Å². The number of amides is 2. The molecule has 1 aliphatic carbocycles. The quantitative estimate of drug-likeness (QED) is 0.874. The van der Waals surface area contributed by atoms with E-state index in [1.165, 1.54) is 24.3 Å². The Bertz CT molecular complexity index is 575. The number of hydrogen-bond acceptors (Lipinski definition) is 3. The van der Waals surface area contributed by atoms with Gasteiger partial charge in [-0.05, 0) is 56.4 Å². The summed E-state index contributed by atoms with van der Waals surface area (Å²) in [6, 6.07) is 4.83. The lowest BCUT2D eigenvalue weighted by Crippen LogP contribution is -2.51. The maximum atomic E-state index is 12.9. The first-order valence-electron chi connectivity index (χ1n) is 7.61. The van der Waals surface area contributed by atoms with E-state index in [2.05, 4.69) is 5.32 Å². The fourth-order valence-electron chi connectivity index (χ4n) is 3.53. The number of likely N-dealkylation sites (tertiary alicyclic amines) is 1. The van der Waals surface area contributed by atoms with E-state index in [0.717, 1.165) is 19.3 Å². The van der Waals surface area contributed by atoms with E-state index in [-0.39, 0.29) is 29.8 Å². The maximum Gasteiger partial charge on any atom is 0.329 e. The number of ether oxygens (including phenoxy) is 1. The van der Waals surface area contributed by atoms with Gasteiger partial charge in [0.15, 0.2) is 0 Å². The molecule has 0 aromatic heterocycles. The highest BCUT2D eigenvalue weighted by Crippen LogP contribution is 2.43. The Labute approximate surface area is 128 Å². The van der Waals surface area contributed by atoms with Crippen molar-refractivity contribution in [3.8, 4) is 0 Å². The average molecular weight is 306 g/mol. The summed E-state index contributed by atoms with van der Waals surface area (Å²) in [6.07, 6.45) is 2.71. The Morgan fingerprint density at radius 1 is 1.32 bits per heavy atom. The SMILES string of the molecule is CCOC(=O)[C@@H]1[C@@H]2CC[C@@H](C2)N1C(=O)Nc1ccc(F)cc1. The van der Waals surface area contributed by atoms with Crippen LogP contribution in [0.15, 0.2) is 24.3 Å². The molecule has 6 heteroatoms. The van der Waals surface area contributed by atoms with E-state index in [1.807, 2.05) is 0 Å². The smallest absolute Gasteiger partial charge is 0.329 e. The summed E-state index contributed by atoms with van der Waals surface area (Å²) in [4.78, 5) is 26.3. The van der Waals surface area contributed by atoms with Crippen molar-refractivity contribution in [1.29, 1.82) is 0 Å². The van der Waals surface area contributed by atoms with Crippen LogP contribution in [0.3, 0.4) is 0 Å². The molecule has 1 heterocycles. The molecule has 1 aromatic rings. The van der Waals surface area contributed by atoms with Gasteiger partial charge in [-0.2, -0.15) is 0 Å². The van der Waals surface area contributed by atoms with Crippen LogP contribution in [0.1, 0.15) is 26.2 Å². The third kappa shape index (κ3) is 2.65. The van der Waals surface area contributed by atoms with Crippen molar-refractivity contribution in [1.82, 2.24) is 4.90 Å². The average Bonchev–Trinajstić information content (AvgIpc) is 3.10. The molecule has 1 N–H and O–H groups in total. The normalized spacial score (nSPS) is 26.1. The fourth-order valence-corrected chi connectivity index (χ4v) is 3.53. The molecule has 2 bridgehead atoms. The van der Waals surface area contributed by atoms with Crippen molar-refractivity contribution < 1.29 is 18.7 Å². The molecule has 2 aliphatic rings. The highest BCUT2D eigenvalue weighted by molar-refractivity contribution is 5.93. The predicted molar refractivity (Wildman–Crippen MR) is 78.8 cm³/mol. The molecule has 1 saturated carbocycles. The molecule has 1 aromatic carbocycles. The molecule has 2 amide bonds. The molecule has 1 aliphatic heterocycles. The number of nitrogens with one attached hydrogen (secondary N) is 1. The van der Waals surface area contributed by atoms with Crippen LogP contribution in [-0.2, 0) is 9.53 Å². The zero-order valence-electron chi connectivity index (χ0n) is 12.4. The second-order valence-electron chi connectivity index (χ2n) is 5.77. The van der Waals surface area contributed by atoms with Gasteiger partial charge in [0, 0.05) is 11.7 Å². The number of halogens is 1. The lowest BCUT2D eigenvalue weighted by atomic mass is 9.99. The zero-order valence-corrected chi connectivity index (χ0v) is 12.4. The van der Waals surface area contributed by atoms with E-state index in [4.69, 9.17) is 4.74 Å². The van der Waals surface area contributed by atoms with Gasteiger partial charge in [0.1, 0.15) is 11.9 Å². The minimum absolute atomic E-state index is 0.0832. The van der Waals surface area contributed by atoms with Crippen LogP contribution in [0.2, 0.25) is 0 Å². The van der Waals surface area contributed by atoms with Gasteiger partial charge < -0.3 is 15.0 Å². The summed E-state index contributed by atoms with van der Waals surface area (Å²) in [5.74, 6) is -0.505. The largest absolute Gasteiger partial charge is 0.464 e. The summed E-state index contributed by atoms with van der Waals surface area (Å²) < 4.78 is 18.0. The van der Waals surface area contributed by atoms with Gasteiger partial charge in [0.25, 0.3) is 0 Å². The lowest BCUT2D eigenvalue weighted by molar-refractivity contribution is -0.149. The number of esters is 1. The summed E-state index contributed by atoms with van der Waals surface area (Å²) in [6.45, 7) is 2.06. The van der Waals surface area contributed by atoms with Crippen molar-refractivity contribution in [2.24, 2.45) is 5.92 Å². The molecule has 0 radical (unpaired) electrons. The number of piperidine rings is 1. The number of benzene rings is 1. The van der Waals surface area contributed by atoms with Crippen LogP contribution >= 0.6 is 0 Å². The molecule has 5 nitrogen and oxygen atoms in total. The molecule has 3 atom stereocenters. The topological polar surface area (TPSA) is 58.6 Å². The van der Waals surface area contributed by atoms with Crippen LogP contribution < -0.4 is 5.32 Å². The molecule has 2 fully saturated rings. The minimum Gasteiger partial charge on any atom is -0.464 e. The Balaban J connectivity index is 1.74. The van der Waals surface area contributed by atoms with Crippen molar-refractivity contribution in [2.75, 3.05) is 11.9 Å². The van der Waals surface area contributed by atoms with E-state index in [0.29, 0.717) is 12.3 Å². The van der Waals surface area contributed by atoms with Crippen LogP contribution in [0.25, 0.3) is 0 Å². The number of urea groups is 1. The zero-order chi connectivity index (χ0) is 15.7. The number of carbonyl (C=O) groups is 2. The third-order valence-electron chi connectivity index (χ3n) is 4.44. The van der Waals surface area contributed by atoms with Gasteiger partial charge in [0.2, 0.25) is 0 Å². The first kappa shape index (κ1) is 14.8. The second-order valence-corrected chi connectivity index (χ2v) is 5.77. The Morgan fingerprint density at radius 3 is 2.73 bits per heavy atom. The highest BCUT2D eigenvalue weighted by Gasteiger charge is 2.52. The van der Waals surface area contributed by atoms with E-state index in [1.54, 1.807) is 11.8 Å². The molecule has 0 spiro atoms. The van der Waals surface area contributed by atoms with Gasteiger partial charge >= 0.3 is 12.0 Å². The number of carbonyl (C=O) groups excluding carboxylic acids is 2. The van der Waals surface area contributed by atoms with Crippen molar-refractivity contribution in [3.63, 3.8) is 0 Å². The van der Waals surface area contributed by atoms with Crippen molar-refractivity contribution in [3.05, 3.63) is 30.1 Å². The number of anilines is 1. The monoisotopic (exact) mass is 306 g/mol. The Hall–Kier alpha value is -2.11. The van der Waals surface area contributed by atoms with Crippen LogP contribution in [0, 0.1) is 11.7 Å². The number of nitrogens with zero attached hydrogens (tertiary/aromatic N) is 1. The molecule has 118 valence electrons.